The topological polar surface area (TPSA) is 17.1 Å². The molecule has 1 rings (SSSR count). The third kappa shape index (κ3) is 4.26. The van der Waals surface area contributed by atoms with Crippen LogP contribution in [0.4, 0.5) is 0 Å². The minimum absolute atomic E-state index is 0.391. The summed E-state index contributed by atoms with van der Waals surface area (Å²) < 4.78 is 0. The van der Waals surface area contributed by atoms with Gasteiger partial charge in [0.1, 0.15) is 6.29 Å². The second-order valence-electron chi connectivity index (χ2n) is 4.77. The fourth-order valence-corrected chi connectivity index (χ4v) is 2.47. The second-order valence-corrected chi connectivity index (χ2v) is 4.77. The minimum Gasteiger partial charge on any atom is -0.303 e. The quantitative estimate of drug-likeness (QED) is 0.464. The Hall–Kier alpha value is -0.330. The van der Waals surface area contributed by atoms with E-state index in [9.17, 15) is 4.79 Å². The Morgan fingerprint density at radius 1 is 1.07 bits per heavy atom. The maximum absolute atomic E-state index is 10.6. The van der Waals surface area contributed by atoms with Gasteiger partial charge < -0.3 is 4.79 Å². The number of carbonyl (C=O) groups excluding carboxylic acids is 1. The summed E-state index contributed by atoms with van der Waals surface area (Å²) >= 11 is 0. The van der Waals surface area contributed by atoms with E-state index >= 15 is 0 Å². The molecular weight excluding hydrogens is 172 g/mol. The van der Waals surface area contributed by atoms with E-state index in [0.717, 1.165) is 25.0 Å². The molecule has 1 aliphatic carbocycles. The summed E-state index contributed by atoms with van der Waals surface area (Å²) in [6.45, 7) is 2.26. The summed E-state index contributed by atoms with van der Waals surface area (Å²) in [5.41, 5.74) is 0. The van der Waals surface area contributed by atoms with Crippen molar-refractivity contribution in [2.75, 3.05) is 0 Å². The Morgan fingerprint density at radius 3 is 2.36 bits per heavy atom. The second kappa shape index (κ2) is 7.03. The van der Waals surface area contributed by atoms with Crippen LogP contribution >= 0.6 is 0 Å². The first-order chi connectivity index (χ1) is 6.86. The van der Waals surface area contributed by atoms with Crippen LogP contribution in [0.2, 0.25) is 0 Å². The molecule has 1 aliphatic rings. The number of hydrogen-bond acceptors (Lipinski definition) is 1. The molecule has 0 aromatic rings. The van der Waals surface area contributed by atoms with Crippen molar-refractivity contribution in [3.63, 3.8) is 0 Å². The van der Waals surface area contributed by atoms with Gasteiger partial charge in [-0.1, -0.05) is 39.0 Å². The zero-order valence-corrected chi connectivity index (χ0v) is 9.50. The van der Waals surface area contributed by atoms with Crippen molar-refractivity contribution in [2.45, 2.75) is 64.7 Å². The van der Waals surface area contributed by atoms with Gasteiger partial charge in [0.05, 0.1) is 0 Å². The highest BCUT2D eigenvalue weighted by molar-refractivity contribution is 5.53. The van der Waals surface area contributed by atoms with Crippen molar-refractivity contribution in [1.29, 1.82) is 0 Å². The largest absolute Gasteiger partial charge is 0.303 e. The van der Waals surface area contributed by atoms with E-state index in [0.29, 0.717) is 5.92 Å². The van der Waals surface area contributed by atoms with Crippen molar-refractivity contribution in [1.82, 2.24) is 0 Å². The van der Waals surface area contributed by atoms with Crippen LogP contribution in [0.25, 0.3) is 0 Å². The molecule has 0 radical (unpaired) electrons. The fraction of sp³-hybridized carbons (Fsp3) is 0.923. The molecule has 0 heterocycles. The molecule has 0 amide bonds. The smallest absolute Gasteiger partial charge is 0.123 e. The van der Waals surface area contributed by atoms with Gasteiger partial charge in [0.25, 0.3) is 0 Å². The highest BCUT2D eigenvalue weighted by atomic mass is 16.1. The lowest BCUT2D eigenvalue weighted by Crippen LogP contribution is -2.15. The van der Waals surface area contributed by atoms with E-state index in [1.807, 2.05) is 0 Å². The Labute approximate surface area is 88.3 Å². The number of aldehydes is 1. The first-order valence-electron chi connectivity index (χ1n) is 6.32. The number of rotatable bonds is 6. The molecule has 82 valence electrons. The van der Waals surface area contributed by atoms with E-state index in [1.54, 1.807) is 0 Å². The molecule has 0 N–H and O–H groups in total. The maximum Gasteiger partial charge on any atom is 0.123 e. The standard InChI is InChI=1S/C13H24O/c1-2-3-4-5-6-12-7-9-13(11-14)10-8-12/h11-13H,2-10H2,1H3/t12-,13-. The van der Waals surface area contributed by atoms with Crippen molar-refractivity contribution in [3.8, 4) is 0 Å². The van der Waals surface area contributed by atoms with Crippen LogP contribution in [0.15, 0.2) is 0 Å². The number of carbonyl (C=O) groups is 1. The van der Waals surface area contributed by atoms with Crippen LogP contribution in [0.1, 0.15) is 64.7 Å². The average Bonchev–Trinajstić information content (AvgIpc) is 2.25. The lowest BCUT2D eigenvalue weighted by atomic mass is 9.80. The number of unbranched alkanes of at least 4 members (excludes halogenated alkanes) is 3. The van der Waals surface area contributed by atoms with Crippen LogP contribution in [-0.2, 0) is 4.79 Å². The Bertz CT molecular complexity index is 145. The molecule has 0 aromatic heterocycles. The van der Waals surface area contributed by atoms with Crippen LogP contribution in [-0.4, -0.2) is 6.29 Å². The van der Waals surface area contributed by atoms with E-state index in [-0.39, 0.29) is 0 Å². The molecule has 0 saturated heterocycles. The summed E-state index contributed by atoms with van der Waals surface area (Å²) in [5.74, 6) is 1.32. The fourth-order valence-electron chi connectivity index (χ4n) is 2.47. The molecule has 1 heteroatoms. The van der Waals surface area contributed by atoms with Gasteiger partial charge in [0, 0.05) is 5.92 Å². The predicted molar refractivity (Wildman–Crippen MR) is 60.3 cm³/mol. The monoisotopic (exact) mass is 196 g/mol. The normalized spacial score (nSPS) is 27.5. The Balaban J connectivity index is 2.01. The lowest BCUT2D eigenvalue weighted by Gasteiger charge is -2.25. The van der Waals surface area contributed by atoms with Gasteiger partial charge in [-0.3, -0.25) is 0 Å². The van der Waals surface area contributed by atoms with E-state index < -0.39 is 0 Å². The summed E-state index contributed by atoms with van der Waals surface area (Å²) in [5, 5.41) is 0. The van der Waals surface area contributed by atoms with Crippen LogP contribution in [0.5, 0.6) is 0 Å². The van der Waals surface area contributed by atoms with Crippen LogP contribution in [0, 0.1) is 11.8 Å². The zero-order valence-electron chi connectivity index (χ0n) is 9.50. The van der Waals surface area contributed by atoms with Gasteiger partial charge >= 0.3 is 0 Å². The third-order valence-electron chi connectivity index (χ3n) is 3.55. The zero-order chi connectivity index (χ0) is 10.2. The SMILES string of the molecule is CCCCCC[C@H]1CC[C@H](C=O)CC1. The summed E-state index contributed by atoms with van der Waals surface area (Å²) in [6, 6.07) is 0. The first kappa shape index (κ1) is 11.7. The Morgan fingerprint density at radius 2 is 1.79 bits per heavy atom. The summed E-state index contributed by atoms with van der Waals surface area (Å²) in [6.07, 6.45) is 13.0. The average molecular weight is 196 g/mol. The third-order valence-corrected chi connectivity index (χ3v) is 3.55. The van der Waals surface area contributed by atoms with Crippen LogP contribution in [0.3, 0.4) is 0 Å². The van der Waals surface area contributed by atoms with E-state index in [4.69, 9.17) is 0 Å². The molecule has 0 spiro atoms. The first-order valence-corrected chi connectivity index (χ1v) is 6.32. The molecule has 0 aliphatic heterocycles. The van der Waals surface area contributed by atoms with Gasteiger partial charge in [0.2, 0.25) is 0 Å². The van der Waals surface area contributed by atoms with Crippen molar-refractivity contribution in [2.24, 2.45) is 11.8 Å². The summed E-state index contributed by atoms with van der Waals surface area (Å²) in [7, 11) is 0. The van der Waals surface area contributed by atoms with Gasteiger partial charge in [-0.15, -0.1) is 0 Å². The number of hydrogen-bond donors (Lipinski definition) is 0. The highest BCUT2D eigenvalue weighted by Gasteiger charge is 2.19. The minimum atomic E-state index is 0.391. The molecule has 1 saturated carbocycles. The van der Waals surface area contributed by atoms with E-state index in [2.05, 4.69) is 6.92 Å². The van der Waals surface area contributed by atoms with E-state index in [1.165, 1.54) is 44.9 Å². The maximum atomic E-state index is 10.6. The molecule has 0 aromatic carbocycles. The molecule has 0 bridgehead atoms. The lowest BCUT2D eigenvalue weighted by molar-refractivity contribution is -0.112. The summed E-state index contributed by atoms with van der Waals surface area (Å²) in [4.78, 5) is 10.6. The van der Waals surface area contributed by atoms with Gasteiger partial charge in [-0.2, -0.15) is 0 Å². The van der Waals surface area contributed by atoms with Crippen molar-refractivity contribution >= 4 is 6.29 Å². The van der Waals surface area contributed by atoms with Crippen molar-refractivity contribution in [3.05, 3.63) is 0 Å². The Kier molecular flexibility index (Phi) is 5.89. The molecule has 1 nitrogen and oxygen atoms in total. The molecule has 0 unspecified atom stereocenters. The van der Waals surface area contributed by atoms with Crippen molar-refractivity contribution < 1.29 is 4.79 Å². The van der Waals surface area contributed by atoms with Crippen LogP contribution < -0.4 is 0 Å². The molecular formula is C13H24O. The molecule has 14 heavy (non-hydrogen) atoms. The predicted octanol–water partition coefficient (Wildman–Crippen LogP) is 3.96. The highest BCUT2D eigenvalue weighted by Crippen LogP contribution is 2.30. The van der Waals surface area contributed by atoms with Gasteiger partial charge in [0.15, 0.2) is 0 Å². The molecule has 0 atom stereocenters. The van der Waals surface area contributed by atoms with Gasteiger partial charge in [-0.25, -0.2) is 0 Å². The van der Waals surface area contributed by atoms with Gasteiger partial charge in [-0.05, 0) is 31.6 Å². The molecule has 1 fully saturated rings.